The normalized spacial score (nSPS) is 11.0. The van der Waals surface area contributed by atoms with Crippen LogP contribution in [0.4, 0.5) is 0 Å². The van der Waals surface area contributed by atoms with Gasteiger partial charge in [-0.1, -0.05) is 66.6 Å². The number of nitrogens with two attached hydrogens (primary N) is 1. The largest absolute Gasteiger partial charge is 0.544 e. The minimum absolute atomic E-state index is 0.122. The molecule has 0 aliphatic rings. The van der Waals surface area contributed by atoms with Gasteiger partial charge in [0.1, 0.15) is 5.75 Å². The van der Waals surface area contributed by atoms with Gasteiger partial charge in [-0.15, -0.1) is 6.42 Å². The Balaban J connectivity index is 0.00000133. The number of benzene rings is 2. The highest BCUT2D eigenvalue weighted by Gasteiger charge is 2.38. The lowest BCUT2D eigenvalue weighted by atomic mass is 9.97. The standard InChI is InChI=1S/C24H30BrNO3Si.C3H5N/c1-24(2,3)30(6,7)29-20-12-10-17(11-13-20)22-18(9-8-14-26(4)5)15-19(23(27)28)16-21(22)25;1-2-3-4/h10-13,15-16H,14H2,1-7H3,(H,27,28);1H,3-4H2. The number of terminal acetylenes is 1. The third-order valence-electron chi connectivity index (χ3n) is 5.40. The number of nitrogens with zero attached hydrogens (tertiary/aromatic N) is 1. The van der Waals surface area contributed by atoms with Gasteiger partial charge in [-0.2, -0.15) is 0 Å². The van der Waals surface area contributed by atoms with Gasteiger partial charge >= 0.3 is 5.97 Å². The molecule has 0 unspecified atom stereocenters. The van der Waals surface area contributed by atoms with Crippen LogP contribution in [0.5, 0.6) is 5.75 Å². The molecule has 0 bridgehead atoms. The van der Waals surface area contributed by atoms with Crippen molar-refractivity contribution < 1.29 is 14.3 Å². The van der Waals surface area contributed by atoms with E-state index in [9.17, 15) is 9.90 Å². The third kappa shape index (κ3) is 8.66. The van der Waals surface area contributed by atoms with Gasteiger partial charge in [0.2, 0.25) is 8.32 Å². The Morgan fingerprint density at radius 2 is 1.76 bits per heavy atom. The van der Waals surface area contributed by atoms with Crippen LogP contribution in [0.25, 0.3) is 11.1 Å². The maximum atomic E-state index is 11.5. The molecule has 0 saturated carbocycles. The maximum Gasteiger partial charge on any atom is 0.335 e. The lowest BCUT2D eigenvalue weighted by molar-refractivity contribution is 0.0696. The van der Waals surface area contributed by atoms with Crippen LogP contribution in [0.2, 0.25) is 18.1 Å². The molecule has 0 fully saturated rings. The minimum Gasteiger partial charge on any atom is -0.544 e. The van der Waals surface area contributed by atoms with E-state index in [4.69, 9.17) is 10.2 Å². The Kier molecular flexibility index (Phi) is 11.1. The average Bonchev–Trinajstić information content (AvgIpc) is 2.73. The van der Waals surface area contributed by atoms with Crippen LogP contribution >= 0.6 is 15.9 Å². The highest BCUT2D eigenvalue weighted by Crippen LogP contribution is 2.38. The molecule has 2 aromatic rings. The number of carbonyl (C=O) groups is 1. The van der Waals surface area contributed by atoms with Gasteiger partial charge in [-0.3, -0.25) is 4.90 Å². The van der Waals surface area contributed by atoms with E-state index in [-0.39, 0.29) is 10.6 Å². The quantitative estimate of drug-likeness (QED) is 0.375. The van der Waals surface area contributed by atoms with Crippen molar-refractivity contribution in [2.24, 2.45) is 5.73 Å². The zero-order valence-electron chi connectivity index (χ0n) is 21.1. The summed E-state index contributed by atoms with van der Waals surface area (Å²) >= 11 is 3.55. The van der Waals surface area contributed by atoms with Crippen LogP contribution in [0.15, 0.2) is 40.9 Å². The average molecular weight is 544 g/mol. The number of rotatable bonds is 5. The molecule has 2 aromatic carbocycles. The maximum absolute atomic E-state index is 11.5. The topological polar surface area (TPSA) is 75.8 Å². The van der Waals surface area contributed by atoms with Crippen molar-refractivity contribution >= 4 is 30.2 Å². The summed E-state index contributed by atoms with van der Waals surface area (Å²) in [6, 6.07) is 11.2. The molecular weight excluding hydrogens is 508 g/mol. The molecule has 0 spiro atoms. The van der Waals surface area contributed by atoms with Crippen molar-refractivity contribution in [1.29, 1.82) is 0 Å². The predicted octanol–water partition coefficient (Wildman–Crippen LogP) is 5.69. The van der Waals surface area contributed by atoms with Crippen molar-refractivity contribution in [2.75, 3.05) is 27.2 Å². The molecule has 0 aliphatic carbocycles. The first-order valence-electron chi connectivity index (χ1n) is 10.9. The molecule has 0 atom stereocenters. The summed E-state index contributed by atoms with van der Waals surface area (Å²) in [6.07, 6.45) is 4.65. The van der Waals surface area contributed by atoms with Gasteiger partial charge in [0.15, 0.2) is 0 Å². The predicted molar refractivity (Wildman–Crippen MR) is 148 cm³/mol. The zero-order valence-corrected chi connectivity index (χ0v) is 23.7. The Morgan fingerprint density at radius 1 is 1.21 bits per heavy atom. The molecule has 0 aliphatic heterocycles. The van der Waals surface area contributed by atoms with E-state index >= 15 is 0 Å². The van der Waals surface area contributed by atoms with E-state index in [1.165, 1.54) is 0 Å². The summed E-state index contributed by atoms with van der Waals surface area (Å²) < 4.78 is 7.08. The van der Waals surface area contributed by atoms with Crippen molar-refractivity contribution in [3.63, 3.8) is 0 Å². The van der Waals surface area contributed by atoms with E-state index in [2.05, 4.69) is 74.0 Å². The third-order valence-corrected chi connectivity index (χ3v) is 10.4. The van der Waals surface area contributed by atoms with E-state index in [0.29, 0.717) is 23.1 Å². The Labute approximate surface area is 214 Å². The van der Waals surface area contributed by atoms with Gasteiger partial charge in [0.25, 0.3) is 0 Å². The van der Waals surface area contributed by atoms with Gasteiger partial charge in [0.05, 0.1) is 18.7 Å². The van der Waals surface area contributed by atoms with Gasteiger partial charge < -0.3 is 15.3 Å². The SMILES string of the molecule is C#CCN.CN(C)CC#Cc1cc(C(=O)O)cc(Br)c1-c1ccc(O[Si](C)(C)C(C)(C)C)cc1. The lowest BCUT2D eigenvalue weighted by Gasteiger charge is -2.36. The molecule has 0 saturated heterocycles. The Bertz CT molecular complexity index is 1090. The lowest BCUT2D eigenvalue weighted by Crippen LogP contribution is -2.43. The molecule has 3 N–H and O–H groups in total. The van der Waals surface area contributed by atoms with Gasteiger partial charge in [-0.05, 0) is 62.1 Å². The number of hydrogen-bond donors (Lipinski definition) is 2. The Morgan fingerprint density at radius 3 is 2.21 bits per heavy atom. The second-order valence-corrected chi connectivity index (χ2v) is 15.1. The van der Waals surface area contributed by atoms with Crippen molar-refractivity contribution in [2.45, 2.75) is 38.9 Å². The molecule has 7 heteroatoms. The first-order chi connectivity index (χ1) is 15.7. The smallest absolute Gasteiger partial charge is 0.335 e. The summed E-state index contributed by atoms with van der Waals surface area (Å²) in [5.74, 6) is 8.33. The van der Waals surface area contributed by atoms with Crippen molar-refractivity contribution in [3.8, 4) is 41.1 Å². The number of carboxylic acids is 1. The summed E-state index contributed by atoms with van der Waals surface area (Å²) in [7, 11) is 1.98. The fourth-order valence-electron chi connectivity index (χ4n) is 2.55. The van der Waals surface area contributed by atoms with Crippen molar-refractivity contribution in [3.05, 3.63) is 52.0 Å². The monoisotopic (exact) mass is 542 g/mol. The molecule has 0 aromatic heterocycles. The number of aromatic carboxylic acids is 1. The second kappa shape index (κ2) is 12.8. The second-order valence-electron chi connectivity index (χ2n) is 9.52. The summed E-state index contributed by atoms with van der Waals surface area (Å²) in [4.78, 5) is 13.5. The number of hydrogen-bond acceptors (Lipinski definition) is 4. The first-order valence-corrected chi connectivity index (χ1v) is 14.6. The molecule has 2 rings (SSSR count). The summed E-state index contributed by atoms with van der Waals surface area (Å²) in [5.41, 5.74) is 7.51. The Hall–Kier alpha value is -2.55. The highest BCUT2D eigenvalue weighted by molar-refractivity contribution is 9.10. The number of halogens is 1. The first kappa shape index (κ1) is 29.5. The molecular formula is C27H35BrN2O3Si. The molecule has 0 radical (unpaired) electrons. The van der Waals surface area contributed by atoms with Gasteiger partial charge in [0, 0.05) is 15.6 Å². The summed E-state index contributed by atoms with van der Waals surface area (Å²) in [6.45, 7) is 12.0. The molecule has 0 heterocycles. The van der Waals surface area contributed by atoms with Crippen LogP contribution in [0.3, 0.4) is 0 Å². The van der Waals surface area contributed by atoms with E-state index < -0.39 is 14.3 Å². The summed E-state index contributed by atoms with van der Waals surface area (Å²) in [5, 5.41) is 9.55. The number of carboxylic acid groups (broad SMARTS) is 1. The minimum atomic E-state index is -1.91. The van der Waals surface area contributed by atoms with E-state index in [0.717, 1.165) is 16.9 Å². The molecule has 0 amide bonds. The van der Waals surface area contributed by atoms with Crippen molar-refractivity contribution in [1.82, 2.24) is 4.90 Å². The molecule has 34 heavy (non-hydrogen) atoms. The van der Waals surface area contributed by atoms with Crippen LogP contribution in [0.1, 0.15) is 36.7 Å². The molecule has 5 nitrogen and oxygen atoms in total. The molecule has 182 valence electrons. The van der Waals surface area contributed by atoms with Crippen LogP contribution in [0, 0.1) is 24.2 Å². The van der Waals surface area contributed by atoms with E-state index in [1.54, 1.807) is 12.1 Å². The van der Waals surface area contributed by atoms with Crippen LogP contribution in [-0.4, -0.2) is 51.5 Å². The highest BCUT2D eigenvalue weighted by atomic mass is 79.9. The van der Waals surface area contributed by atoms with Crippen LogP contribution in [-0.2, 0) is 0 Å². The van der Waals surface area contributed by atoms with Gasteiger partial charge in [-0.25, -0.2) is 4.79 Å². The zero-order chi connectivity index (χ0) is 26.1. The fourth-order valence-corrected chi connectivity index (χ4v) is 4.27. The van der Waals surface area contributed by atoms with E-state index in [1.807, 2.05) is 43.3 Å². The van der Waals surface area contributed by atoms with Crippen LogP contribution < -0.4 is 10.2 Å². The fraction of sp³-hybridized carbons (Fsp3) is 0.370.